The van der Waals surface area contributed by atoms with Gasteiger partial charge in [0.25, 0.3) is 11.8 Å². The van der Waals surface area contributed by atoms with Crippen molar-refractivity contribution in [2.45, 2.75) is 141 Å². The average Bonchev–Trinajstić information content (AvgIpc) is 3.51. The highest BCUT2D eigenvalue weighted by Crippen LogP contribution is 2.32. The summed E-state index contributed by atoms with van der Waals surface area (Å²) in [4.78, 5) is 60.7. The molecule has 3 amide bonds. The van der Waals surface area contributed by atoms with Gasteiger partial charge in [-0.3, -0.25) is 14.5 Å². The van der Waals surface area contributed by atoms with Crippen molar-refractivity contribution >= 4 is 41.2 Å². The Morgan fingerprint density at radius 1 is 0.683 bits per heavy atom. The first-order valence-corrected chi connectivity index (χ1v) is 29.7. The van der Waals surface area contributed by atoms with Crippen molar-refractivity contribution in [2.75, 3.05) is 113 Å². The van der Waals surface area contributed by atoms with Crippen LogP contribution in [0.1, 0.15) is 116 Å². The lowest BCUT2D eigenvalue weighted by Crippen LogP contribution is -2.54. The number of fused-ring (bicyclic) bond motifs is 2. The predicted molar refractivity (Wildman–Crippen MR) is 317 cm³/mol. The molecule has 21 nitrogen and oxygen atoms in total. The molecule has 21 heteroatoms. The number of methoxy groups -OCH3 is 1. The minimum Gasteiger partial charge on any atom is -0.508 e. The Labute approximate surface area is 483 Å². The third kappa shape index (κ3) is 16.0. The first-order valence-electron chi connectivity index (χ1n) is 29.7. The lowest BCUT2D eigenvalue weighted by Gasteiger charge is -2.40. The minimum absolute atomic E-state index is 0.0363. The predicted octanol–water partition coefficient (Wildman–Crippen LogP) is 5.32. The number of piperazine rings is 2. The molecule has 8 N–H and O–H groups in total. The number of anilines is 4. The standard InChI is InChI=1S/C34H50N6O6.C27H38N6O3/c1-6-38-12-14-39(15-13-38)31-19-24(18-30(37-31)36-26-8-7-9-26)32(42)35-20-29(41)28-17-23-10-11-27(45-22-44-5)16-25(23)21-40(28)33(43)46-34(2,3)4;1-2-32-8-10-33(11-9-32)26-15-19(14-25(31-26)30-21-4-3-5-21)27(36)29-17-24(35)23-13-18-6-7-22(34)12-20(18)16-28-23/h10-11,16,18-19,26,28-29,41H,6-9,12-15,17,20-22H2,1-5H3,(H,35,42)(H,36,37);6-7,12,14-15,21,23-24,28,34-35H,2-5,8-11,13,16-17H2,1H3,(H,29,36)(H,30,31)/t28-,29+;23-,24+/m00/s1. The molecule has 4 aromatic rings. The molecule has 0 bridgehead atoms. The van der Waals surface area contributed by atoms with E-state index in [1.54, 1.807) is 30.2 Å². The van der Waals surface area contributed by atoms with E-state index in [1.165, 1.54) is 12.8 Å². The molecule has 2 saturated heterocycles. The third-order valence-corrected chi connectivity index (χ3v) is 16.7. The number of aromatic hydroxyl groups is 1. The van der Waals surface area contributed by atoms with Gasteiger partial charge in [0.2, 0.25) is 0 Å². The summed E-state index contributed by atoms with van der Waals surface area (Å²) >= 11 is 0. The maximum atomic E-state index is 13.6. The highest BCUT2D eigenvalue weighted by atomic mass is 16.7. The van der Waals surface area contributed by atoms with Gasteiger partial charge in [-0.25, -0.2) is 14.8 Å². The van der Waals surface area contributed by atoms with Crippen molar-refractivity contribution in [2.24, 2.45) is 0 Å². The summed E-state index contributed by atoms with van der Waals surface area (Å²) < 4.78 is 16.4. The Kier molecular flexibility index (Phi) is 20.3. The maximum absolute atomic E-state index is 13.6. The van der Waals surface area contributed by atoms with E-state index in [1.807, 2.05) is 63.2 Å². The van der Waals surface area contributed by atoms with E-state index < -0.39 is 29.9 Å². The topological polar surface area (TPSA) is 242 Å². The van der Waals surface area contributed by atoms with E-state index in [-0.39, 0.29) is 50.0 Å². The number of hydrogen-bond acceptors (Lipinski definition) is 18. The monoisotopic (exact) mass is 1130 g/mol. The number of aliphatic hydroxyl groups is 2. The van der Waals surface area contributed by atoms with Crippen molar-refractivity contribution in [1.29, 1.82) is 0 Å². The molecule has 2 aromatic carbocycles. The van der Waals surface area contributed by atoms with Crippen LogP contribution in [0.3, 0.4) is 0 Å². The molecular weight excluding hydrogens is 1040 g/mol. The number of ether oxygens (including phenoxy) is 3. The summed E-state index contributed by atoms with van der Waals surface area (Å²) in [5.41, 5.74) is 4.38. The quantitative estimate of drug-likeness (QED) is 0.0554. The number of aliphatic hydroxyl groups excluding tert-OH is 2. The SMILES string of the molecule is CCN1CCN(c2cc(C(=O)NC[C@@H](O)[C@@H]3Cc4ccc(O)cc4CN3)cc(NC3CCC3)n2)CC1.CCN1CCN(c2cc(C(=O)NC[C@@H](O)[C@@H]3Cc4ccc(OCOC)cc4CN3C(=O)OC(C)(C)C)cc(NC3CCC3)n2)CC1. The number of nitrogens with one attached hydrogen (secondary N) is 5. The van der Waals surface area contributed by atoms with E-state index in [0.29, 0.717) is 54.2 Å². The summed E-state index contributed by atoms with van der Waals surface area (Å²) in [5.74, 6) is 3.42. The average molecular weight is 1130 g/mol. The summed E-state index contributed by atoms with van der Waals surface area (Å²) in [6.07, 6.45) is 5.61. The first-order chi connectivity index (χ1) is 39.5. The second-order valence-electron chi connectivity index (χ2n) is 23.6. The van der Waals surface area contributed by atoms with E-state index in [9.17, 15) is 29.7 Å². The fourth-order valence-electron chi connectivity index (χ4n) is 11.2. The number of nitrogens with zero attached hydrogens (tertiary/aromatic N) is 7. The smallest absolute Gasteiger partial charge is 0.410 e. The van der Waals surface area contributed by atoms with Crippen LogP contribution >= 0.6 is 0 Å². The maximum Gasteiger partial charge on any atom is 0.410 e. The van der Waals surface area contributed by atoms with Crippen LogP contribution in [-0.2, 0) is 35.4 Å². The van der Waals surface area contributed by atoms with Crippen LogP contribution in [0.4, 0.5) is 28.1 Å². The fraction of sp³-hybridized carbons (Fsp3) is 0.590. The number of pyridine rings is 2. The van der Waals surface area contributed by atoms with Gasteiger partial charge in [0.15, 0.2) is 6.79 Å². The van der Waals surface area contributed by atoms with Gasteiger partial charge in [0.05, 0.1) is 18.2 Å². The number of phenolic OH excluding ortho intramolecular Hbond substituents is 1. The molecule has 10 rings (SSSR count). The fourth-order valence-corrected chi connectivity index (χ4v) is 11.2. The Hall–Kier alpha value is -6.49. The van der Waals surface area contributed by atoms with E-state index in [2.05, 4.69) is 60.0 Å². The van der Waals surface area contributed by atoms with Crippen molar-refractivity contribution in [1.82, 2.24) is 40.6 Å². The number of benzene rings is 2. The van der Waals surface area contributed by atoms with Gasteiger partial charge in [0.1, 0.15) is 40.4 Å². The van der Waals surface area contributed by atoms with Gasteiger partial charge < -0.3 is 75.7 Å². The number of carbonyl (C=O) groups is 3. The Bertz CT molecular complexity index is 2790. The van der Waals surface area contributed by atoms with Crippen LogP contribution in [0.15, 0.2) is 60.7 Å². The number of phenols is 1. The number of hydrogen-bond donors (Lipinski definition) is 8. The highest BCUT2D eigenvalue weighted by Gasteiger charge is 2.38. The van der Waals surface area contributed by atoms with Crippen LogP contribution in [0.5, 0.6) is 11.5 Å². The summed E-state index contributed by atoms with van der Waals surface area (Å²) in [7, 11) is 1.56. The molecule has 6 heterocycles. The molecule has 6 aliphatic rings. The number of aromatic nitrogens is 2. The van der Waals surface area contributed by atoms with Crippen LogP contribution in [0.2, 0.25) is 0 Å². The number of rotatable bonds is 19. The van der Waals surface area contributed by atoms with Crippen LogP contribution < -0.4 is 41.1 Å². The van der Waals surface area contributed by atoms with Crippen LogP contribution in [0.25, 0.3) is 0 Å². The molecule has 82 heavy (non-hydrogen) atoms. The molecule has 4 atom stereocenters. The molecule has 2 saturated carbocycles. The van der Waals surface area contributed by atoms with Gasteiger partial charge >= 0.3 is 6.09 Å². The van der Waals surface area contributed by atoms with Crippen molar-refractivity contribution < 1.29 is 43.9 Å². The summed E-state index contributed by atoms with van der Waals surface area (Å²) in [6, 6.07) is 18.4. The minimum atomic E-state index is -1.04. The zero-order valence-corrected chi connectivity index (χ0v) is 48.9. The molecular formula is C61H88N12O9. The normalized spacial score (nSPS) is 20.4. The molecule has 0 unspecified atom stereocenters. The third-order valence-electron chi connectivity index (χ3n) is 16.7. The van der Waals surface area contributed by atoms with E-state index in [0.717, 1.165) is 131 Å². The molecule has 0 radical (unpaired) electrons. The Morgan fingerprint density at radius 2 is 1.22 bits per heavy atom. The van der Waals surface area contributed by atoms with Crippen molar-refractivity contribution in [3.05, 3.63) is 94.0 Å². The van der Waals surface area contributed by atoms with Gasteiger partial charge in [-0.15, -0.1) is 0 Å². The van der Waals surface area contributed by atoms with Gasteiger partial charge in [-0.1, -0.05) is 26.0 Å². The number of carbonyl (C=O) groups excluding carboxylic acids is 3. The first kappa shape index (κ1) is 60.1. The Morgan fingerprint density at radius 3 is 1.73 bits per heavy atom. The molecule has 2 aliphatic carbocycles. The summed E-state index contributed by atoms with van der Waals surface area (Å²) in [6.45, 7) is 20.2. The molecule has 0 spiro atoms. The van der Waals surface area contributed by atoms with Gasteiger partial charge in [-0.2, -0.15) is 0 Å². The van der Waals surface area contributed by atoms with Crippen molar-refractivity contribution in [3.63, 3.8) is 0 Å². The highest BCUT2D eigenvalue weighted by molar-refractivity contribution is 5.96. The van der Waals surface area contributed by atoms with Gasteiger partial charge in [0, 0.05) is 115 Å². The second-order valence-corrected chi connectivity index (χ2v) is 23.6. The number of amides is 3. The molecule has 2 aromatic heterocycles. The largest absolute Gasteiger partial charge is 0.508 e. The van der Waals surface area contributed by atoms with Crippen molar-refractivity contribution in [3.8, 4) is 11.5 Å². The lowest BCUT2D eigenvalue weighted by atomic mass is 9.91. The summed E-state index contributed by atoms with van der Waals surface area (Å²) in [5, 5.41) is 48.1. The van der Waals surface area contributed by atoms with Crippen LogP contribution in [-0.4, -0.2) is 192 Å². The van der Waals surface area contributed by atoms with E-state index in [4.69, 9.17) is 24.2 Å². The lowest BCUT2D eigenvalue weighted by molar-refractivity contribution is -0.0114. The van der Waals surface area contributed by atoms with Crippen LogP contribution in [0, 0.1) is 0 Å². The Balaban J connectivity index is 0.000000203. The zero-order valence-electron chi connectivity index (χ0n) is 48.9. The van der Waals surface area contributed by atoms with Gasteiger partial charge in [-0.05, 0) is 156 Å². The van der Waals surface area contributed by atoms with E-state index >= 15 is 0 Å². The zero-order chi connectivity index (χ0) is 57.9. The number of likely N-dealkylation sites (N-methyl/N-ethyl adjacent to an activating group) is 2. The second kappa shape index (κ2) is 27.7. The molecule has 4 fully saturated rings. The molecule has 446 valence electrons. The molecule has 4 aliphatic heterocycles.